The van der Waals surface area contributed by atoms with Crippen molar-refractivity contribution in [3.63, 3.8) is 0 Å². The SMILES string of the molecule is Cc1cccc(-c2csc(C(CCc3cccc(Br)c3)c3ccc(C(=O)O)cc3)n2)c1. The molecular weight excluding hydrogens is 470 g/mol. The maximum atomic E-state index is 11.3. The first-order valence-corrected chi connectivity index (χ1v) is 11.8. The lowest BCUT2D eigenvalue weighted by Gasteiger charge is -2.16. The highest BCUT2D eigenvalue weighted by atomic mass is 79.9. The lowest BCUT2D eigenvalue weighted by molar-refractivity contribution is 0.0697. The molecular formula is C26H22BrNO2S. The van der Waals surface area contributed by atoms with Gasteiger partial charge in [-0.25, -0.2) is 9.78 Å². The van der Waals surface area contributed by atoms with Crippen LogP contribution in [0.25, 0.3) is 11.3 Å². The van der Waals surface area contributed by atoms with Crippen molar-refractivity contribution in [3.05, 3.63) is 110 Å². The van der Waals surface area contributed by atoms with E-state index in [-0.39, 0.29) is 5.92 Å². The van der Waals surface area contributed by atoms with Gasteiger partial charge in [-0.2, -0.15) is 0 Å². The summed E-state index contributed by atoms with van der Waals surface area (Å²) in [7, 11) is 0. The molecule has 0 aliphatic carbocycles. The summed E-state index contributed by atoms with van der Waals surface area (Å²) in [5, 5.41) is 12.4. The quantitative estimate of drug-likeness (QED) is 0.294. The highest BCUT2D eigenvalue weighted by Gasteiger charge is 2.19. The number of halogens is 1. The number of carboxylic acids is 1. The lowest BCUT2D eigenvalue weighted by Crippen LogP contribution is -2.04. The van der Waals surface area contributed by atoms with E-state index in [1.165, 1.54) is 11.1 Å². The molecule has 4 aromatic rings. The number of hydrogen-bond donors (Lipinski definition) is 1. The van der Waals surface area contributed by atoms with Gasteiger partial charge < -0.3 is 5.11 Å². The van der Waals surface area contributed by atoms with Crippen molar-refractivity contribution in [1.82, 2.24) is 4.98 Å². The maximum Gasteiger partial charge on any atom is 0.335 e. The van der Waals surface area contributed by atoms with Gasteiger partial charge in [0.15, 0.2) is 0 Å². The van der Waals surface area contributed by atoms with Crippen LogP contribution in [0.15, 0.2) is 82.6 Å². The van der Waals surface area contributed by atoms with E-state index in [4.69, 9.17) is 4.98 Å². The average Bonchev–Trinajstić information content (AvgIpc) is 3.24. The van der Waals surface area contributed by atoms with Crippen molar-refractivity contribution in [2.24, 2.45) is 0 Å². The van der Waals surface area contributed by atoms with Crippen LogP contribution in [0.5, 0.6) is 0 Å². The summed E-state index contributed by atoms with van der Waals surface area (Å²) < 4.78 is 1.07. The Kier molecular flexibility index (Phi) is 6.64. The predicted octanol–water partition coefficient (Wildman–Crippen LogP) is 7.34. The third-order valence-corrected chi connectivity index (χ3v) is 6.76. The van der Waals surface area contributed by atoms with Crippen molar-refractivity contribution < 1.29 is 9.90 Å². The Hall–Kier alpha value is -2.76. The second-order valence-electron chi connectivity index (χ2n) is 7.59. The van der Waals surface area contributed by atoms with Crippen molar-refractivity contribution >= 4 is 33.2 Å². The smallest absolute Gasteiger partial charge is 0.335 e. The van der Waals surface area contributed by atoms with Gasteiger partial charge in [-0.1, -0.05) is 64.0 Å². The molecule has 1 heterocycles. The second kappa shape index (κ2) is 9.58. The zero-order chi connectivity index (χ0) is 21.8. The second-order valence-corrected chi connectivity index (χ2v) is 9.39. The molecule has 0 saturated carbocycles. The minimum Gasteiger partial charge on any atom is -0.478 e. The van der Waals surface area contributed by atoms with Crippen LogP contribution in [0.4, 0.5) is 0 Å². The van der Waals surface area contributed by atoms with Crippen LogP contribution in [0.3, 0.4) is 0 Å². The van der Waals surface area contributed by atoms with Crippen LogP contribution in [0.2, 0.25) is 0 Å². The van der Waals surface area contributed by atoms with E-state index in [0.717, 1.165) is 39.1 Å². The number of benzene rings is 3. The molecule has 1 atom stereocenters. The van der Waals surface area contributed by atoms with Crippen LogP contribution in [0, 0.1) is 6.92 Å². The van der Waals surface area contributed by atoms with Gasteiger partial charge in [-0.3, -0.25) is 0 Å². The Labute approximate surface area is 194 Å². The van der Waals surface area contributed by atoms with Gasteiger partial charge in [-0.05, 0) is 61.2 Å². The number of aromatic carboxylic acids is 1. The van der Waals surface area contributed by atoms with Gasteiger partial charge in [0.25, 0.3) is 0 Å². The molecule has 0 spiro atoms. The van der Waals surface area contributed by atoms with E-state index in [1.54, 1.807) is 23.5 Å². The number of nitrogens with zero attached hydrogens (tertiary/aromatic N) is 1. The van der Waals surface area contributed by atoms with Gasteiger partial charge >= 0.3 is 5.97 Å². The zero-order valence-corrected chi connectivity index (χ0v) is 19.5. The van der Waals surface area contributed by atoms with E-state index in [1.807, 2.05) is 18.2 Å². The van der Waals surface area contributed by atoms with Crippen LogP contribution in [-0.2, 0) is 6.42 Å². The van der Waals surface area contributed by atoms with Gasteiger partial charge in [0.2, 0.25) is 0 Å². The number of rotatable bonds is 7. The zero-order valence-electron chi connectivity index (χ0n) is 17.1. The van der Waals surface area contributed by atoms with Crippen LogP contribution < -0.4 is 0 Å². The number of hydrogen-bond acceptors (Lipinski definition) is 3. The third-order valence-electron chi connectivity index (χ3n) is 5.30. The molecule has 1 aromatic heterocycles. The fourth-order valence-corrected chi connectivity index (χ4v) is 5.12. The first-order valence-electron chi connectivity index (χ1n) is 10.1. The molecule has 0 amide bonds. The van der Waals surface area contributed by atoms with Crippen LogP contribution >= 0.6 is 27.3 Å². The molecule has 156 valence electrons. The summed E-state index contributed by atoms with van der Waals surface area (Å²) in [4.78, 5) is 16.2. The van der Waals surface area contributed by atoms with E-state index in [2.05, 4.69) is 70.7 Å². The summed E-state index contributed by atoms with van der Waals surface area (Å²) in [6.45, 7) is 2.08. The molecule has 1 N–H and O–H groups in total. The van der Waals surface area contributed by atoms with Gasteiger partial charge in [-0.15, -0.1) is 11.3 Å². The summed E-state index contributed by atoms with van der Waals surface area (Å²) in [5.74, 6) is -0.807. The average molecular weight is 492 g/mol. The van der Waals surface area contributed by atoms with E-state index in [0.29, 0.717) is 5.56 Å². The first kappa shape index (κ1) is 21.5. The highest BCUT2D eigenvalue weighted by molar-refractivity contribution is 9.10. The molecule has 4 rings (SSSR count). The number of thiazole rings is 1. The Morgan fingerprint density at radius 1 is 1.06 bits per heavy atom. The Bertz CT molecular complexity index is 1200. The van der Waals surface area contributed by atoms with Crippen LogP contribution in [0.1, 0.15) is 44.4 Å². The maximum absolute atomic E-state index is 11.3. The number of aromatic nitrogens is 1. The molecule has 0 saturated heterocycles. The lowest BCUT2D eigenvalue weighted by atomic mass is 9.92. The van der Waals surface area contributed by atoms with Crippen LogP contribution in [-0.4, -0.2) is 16.1 Å². The first-order chi connectivity index (χ1) is 15.0. The molecule has 5 heteroatoms. The van der Waals surface area contributed by atoms with Crippen molar-refractivity contribution in [2.45, 2.75) is 25.7 Å². The van der Waals surface area contributed by atoms with Gasteiger partial charge in [0.1, 0.15) is 5.01 Å². The number of carbonyl (C=O) groups is 1. The van der Waals surface area contributed by atoms with Gasteiger partial charge in [0.05, 0.1) is 11.3 Å². The highest BCUT2D eigenvalue weighted by Crippen LogP contribution is 2.34. The van der Waals surface area contributed by atoms with Gasteiger partial charge in [0, 0.05) is 21.3 Å². The molecule has 3 nitrogen and oxygen atoms in total. The molecule has 0 aliphatic rings. The molecule has 1 unspecified atom stereocenters. The summed E-state index contributed by atoms with van der Waals surface area (Å²) in [5.41, 5.74) is 5.96. The summed E-state index contributed by atoms with van der Waals surface area (Å²) in [6, 6.07) is 23.9. The molecule has 0 bridgehead atoms. The normalized spacial score (nSPS) is 11.9. The minimum atomic E-state index is -0.909. The molecule has 0 fully saturated rings. The monoisotopic (exact) mass is 491 g/mol. The Morgan fingerprint density at radius 3 is 2.55 bits per heavy atom. The standard InChI is InChI=1S/C26H22BrNO2S/c1-17-4-2-6-21(14-17)24-16-31-25(28-24)23(13-8-18-5-3-7-22(27)15-18)19-9-11-20(12-10-19)26(29)30/h2-7,9-12,14-16,23H,8,13H2,1H3,(H,29,30). The molecule has 3 aromatic carbocycles. The van der Waals surface area contributed by atoms with Crippen molar-refractivity contribution in [2.75, 3.05) is 0 Å². The van der Waals surface area contributed by atoms with E-state index in [9.17, 15) is 9.90 Å². The Morgan fingerprint density at radius 2 is 1.84 bits per heavy atom. The summed E-state index contributed by atoms with van der Waals surface area (Å²) in [6.07, 6.45) is 1.80. The Balaban J connectivity index is 1.65. The minimum absolute atomic E-state index is 0.102. The third kappa shape index (κ3) is 5.30. The van der Waals surface area contributed by atoms with E-state index >= 15 is 0 Å². The van der Waals surface area contributed by atoms with Crippen molar-refractivity contribution in [3.8, 4) is 11.3 Å². The fourth-order valence-electron chi connectivity index (χ4n) is 3.68. The number of aryl methyl sites for hydroxylation is 2. The molecule has 0 radical (unpaired) electrons. The largest absolute Gasteiger partial charge is 0.478 e. The van der Waals surface area contributed by atoms with Crippen molar-refractivity contribution in [1.29, 1.82) is 0 Å². The topological polar surface area (TPSA) is 50.2 Å². The molecule has 0 aliphatic heterocycles. The van der Waals surface area contributed by atoms with E-state index < -0.39 is 5.97 Å². The predicted molar refractivity (Wildman–Crippen MR) is 130 cm³/mol. The fraction of sp³-hybridized carbons (Fsp3) is 0.154. The molecule has 31 heavy (non-hydrogen) atoms. The number of carboxylic acid groups (broad SMARTS) is 1. The summed E-state index contributed by atoms with van der Waals surface area (Å²) >= 11 is 5.21.